The largest absolute Gasteiger partial charge is 0.443 e. The number of halogens is 3. The van der Waals surface area contributed by atoms with Gasteiger partial charge in [-0.3, -0.25) is 0 Å². The van der Waals surface area contributed by atoms with Gasteiger partial charge in [-0.05, 0) is 31.0 Å². The van der Waals surface area contributed by atoms with Crippen LogP contribution in [0.4, 0.5) is 13.2 Å². The van der Waals surface area contributed by atoms with Crippen molar-refractivity contribution in [2.45, 2.75) is 17.1 Å². The molecule has 7 heteroatoms. The molecule has 1 unspecified atom stereocenters. The van der Waals surface area contributed by atoms with Crippen LogP contribution in [0, 0.1) is 0 Å². The van der Waals surface area contributed by atoms with Gasteiger partial charge in [0.05, 0.1) is 6.04 Å². The molecule has 0 fully saturated rings. The third-order valence-electron chi connectivity index (χ3n) is 2.79. The van der Waals surface area contributed by atoms with E-state index in [0.29, 0.717) is 16.2 Å². The van der Waals surface area contributed by atoms with Gasteiger partial charge in [-0.1, -0.05) is 12.1 Å². The van der Waals surface area contributed by atoms with Crippen molar-refractivity contribution in [1.82, 2.24) is 10.3 Å². The Morgan fingerprint density at radius 3 is 2.35 bits per heavy atom. The van der Waals surface area contributed by atoms with Crippen molar-refractivity contribution in [3.8, 4) is 0 Å². The first-order valence-corrected chi connectivity index (χ1v) is 7.84. The van der Waals surface area contributed by atoms with Gasteiger partial charge in [0.15, 0.2) is 5.01 Å². The van der Waals surface area contributed by atoms with Gasteiger partial charge in [-0.25, -0.2) is 4.98 Å². The lowest BCUT2D eigenvalue weighted by Gasteiger charge is -2.14. The van der Waals surface area contributed by atoms with E-state index >= 15 is 0 Å². The van der Waals surface area contributed by atoms with Gasteiger partial charge in [-0.2, -0.15) is 13.2 Å². The van der Waals surface area contributed by atoms with Crippen LogP contribution in [0.3, 0.4) is 0 Å². The van der Waals surface area contributed by atoms with Gasteiger partial charge in [0.25, 0.3) is 0 Å². The number of thioether (sulfide) groups is 1. The van der Waals surface area contributed by atoms with E-state index in [1.807, 2.05) is 30.5 Å². The van der Waals surface area contributed by atoms with E-state index < -0.39 is 11.2 Å². The summed E-state index contributed by atoms with van der Waals surface area (Å²) in [7, 11) is 1.72. The molecule has 2 nitrogen and oxygen atoms in total. The number of aromatic nitrogens is 1. The molecule has 0 aliphatic carbocycles. The van der Waals surface area contributed by atoms with Crippen LogP contribution in [0.2, 0.25) is 0 Å². The maximum Gasteiger partial charge on any atom is 0.443 e. The average Bonchev–Trinajstić information content (AvgIpc) is 2.90. The number of rotatable bonds is 4. The van der Waals surface area contributed by atoms with Crippen LogP contribution in [0.1, 0.15) is 21.5 Å². The van der Waals surface area contributed by atoms with Crippen LogP contribution in [0.15, 0.2) is 35.4 Å². The first kappa shape index (κ1) is 15.3. The van der Waals surface area contributed by atoms with E-state index in [2.05, 4.69) is 10.3 Å². The maximum atomic E-state index is 12.6. The molecule has 1 aromatic heterocycles. The number of hydrogen-bond acceptors (Lipinski definition) is 4. The summed E-state index contributed by atoms with van der Waals surface area (Å²) < 4.78 is 37.8. The highest BCUT2D eigenvalue weighted by atomic mass is 32.2. The Bertz CT molecular complexity index is 564. The zero-order chi connectivity index (χ0) is 14.8. The van der Waals surface area contributed by atoms with Crippen molar-refractivity contribution in [1.29, 1.82) is 0 Å². The van der Waals surface area contributed by atoms with E-state index in [1.54, 1.807) is 18.8 Å². The summed E-state index contributed by atoms with van der Waals surface area (Å²) in [4.78, 5) is 5.13. The number of benzene rings is 1. The molecule has 20 heavy (non-hydrogen) atoms. The van der Waals surface area contributed by atoms with Crippen LogP contribution in [-0.2, 0) is 6.18 Å². The first-order chi connectivity index (χ1) is 9.45. The summed E-state index contributed by atoms with van der Waals surface area (Å²) in [5.41, 5.74) is 0.919. The molecule has 108 valence electrons. The van der Waals surface area contributed by atoms with E-state index in [4.69, 9.17) is 0 Å². The quantitative estimate of drug-likeness (QED) is 0.856. The number of alkyl halides is 3. The van der Waals surface area contributed by atoms with Gasteiger partial charge in [0, 0.05) is 16.0 Å². The van der Waals surface area contributed by atoms with Gasteiger partial charge in [-0.15, -0.1) is 23.1 Å². The summed E-state index contributed by atoms with van der Waals surface area (Å²) in [6, 6.07) is 7.46. The second-order valence-corrected chi connectivity index (χ2v) is 6.00. The lowest BCUT2D eigenvalue weighted by atomic mass is 10.1. The topological polar surface area (TPSA) is 24.9 Å². The van der Waals surface area contributed by atoms with Crippen LogP contribution < -0.4 is 5.32 Å². The SMILES string of the molecule is CNC(c1ccc(SC)cc1)c1cnc(C(F)(F)F)s1. The fraction of sp³-hybridized carbons (Fsp3) is 0.308. The Morgan fingerprint density at radius 2 is 1.90 bits per heavy atom. The molecule has 0 aliphatic rings. The minimum atomic E-state index is -4.39. The Kier molecular flexibility index (Phi) is 4.72. The normalized spacial score (nSPS) is 13.4. The van der Waals surface area contributed by atoms with Crippen LogP contribution in [-0.4, -0.2) is 18.3 Å². The molecule has 2 rings (SSSR count). The van der Waals surface area contributed by atoms with Crippen LogP contribution >= 0.6 is 23.1 Å². The number of nitrogens with one attached hydrogen (secondary N) is 1. The summed E-state index contributed by atoms with van der Waals surface area (Å²) in [5.74, 6) is 0. The minimum Gasteiger partial charge on any atom is -0.309 e. The minimum absolute atomic E-state index is 0.278. The number of nitrogens with zero attached hydrogens (tertiary/aromatic N) is 1. The van der Waals surface area contributed by atoms with Gasteiger partial charge >= 0.3 is 6.18 Å². The van der Waals surface area contributed by atoms with E-state index in [-0.39, 0.29) is 6.04 Å². The van der Waals surface area contributed by atoms with Crippen LogP contribution in [0.5, 0.6) is 0 Å². The lowest BCUT2D eigenvalue weighted by Crippen LogP contribution is -2.16. The first-order valence-electron chi connectivity index (χ1n) is 5.80. The average molecular weight is 318 g/mol. The van der Waals surface area contributed by atoms with Crippen molar-refractivity contribution >= 4 is 23.1 Å². The molecule has 0 saturated carbocycles. The predicted octanol–water partition coefficient (Wildman–Crippen LogP) is 4.19. The molecular formula is C13H13F3N2S2. The standard InChI is InChI=1S/C13H13F3N2S2/c1-17-11(8-3-5-9(19-2)6-4-8)10-7-18-12(20-10)13(14,15)16/h3-7,11,17H,1-2H3. The molecule has 1 atom stereocenters. The molecule has 0 aliphatic heterocycles. The Balaban J connectivity index is 2.29. The van der Waals surface area contributed by atoms with Gasteiger partial charge in [0.2, 0.25) is 0 Å². The third-order valence-corrected chi connectivity index (χ3v) is 4.64. The molecule has 1 aromatic carbocycles. The molecule has 0 radical (unpaired) electrons. The predicted molar refractivity (Wildman–Crippen MR) is 76.2 cm³/mol. The highest BCUT2D eigenvalue weighted by molar-refractivity contribution is 7.98. The Hall–Kier alpha value is -1.05. The highest BCUT2D eigenvalue weighted by Crippen LogP contribution is 2.36. The van der Waals surface area contributed by atoms with E-state index in [9.17, 15) is 13.2 Å². The lowest BCUT2D eigenvalue weighted by molar-refractivity contribution is -0.137. The third kappa shape index (κ3) is 3.34. The fourth-order valence-corrected chi connectivity index (χ4v) is 3.15. The number of hydrogen-bond donors (Lipinski definition) is 1. The molecule has 0 spiro atoms. The van der Waals surface area contributed by atoms with Gasteiger partial charge < -0.3 is 5.32 Å². The summed E-state index contributed by atoms with van der Waals surface area (Å²) in [5, 5.41) is 2.22. The van der Waals surface area contributed by atoms with Gasteiger partial charge in [0.1, 0.15) is 0 Å². The Morgan fingerprint density at radius 1 is 1.25 bits per heavy atom. The second kappa shape index (κ2) is 6.15. The summed E-state index contributed by atoms with van der Waals surface area (Å²) in [6.07, 6.45) is -1.12. The monoisotopic (exact) mass is 318 g/mol. The highest BCUT2D eigenvalue weighted by Gasteiger charge is 2.35. The zero-order valence-corrected chi connectivity index (χ0v) is 12.5. The Labute approximate surface area is 123 Å². The summed E-state index contributed by atoms with van der Waals surface area (Å²) in [6.45, 7) is 0. The van der Waals surface area contributed by atoms with Crippen LogP contribution in [0.25, 0.3) is 0 Å². The molecule has 1 N–H and O–H groups in total. The molecule has 0 saturated heterocycles. The van der Waals surface area contributed by atoms with Crippen molar-refractivity contribution in [2.24, 2.45) is 0 Å². The van der Waals surface area contributed by atoms with E-state index in [0.717, 1.165) is 10.5 Å². The smallest absolute Gasteiger partial charge is 0.309 e. The summed E-state index contributed by atoms with van der Waals surface area (Å²) >= 11 is 2.29. The molecule has 0 bridgehead atoms. The zero-order valence-electron chi connectivity index (χ0n) is 10.9. The van der Waals surface area contributed by atoms with E-state index in [1.165, 1.54) is 6.20 Å². The van der Waals surface area contributed by atoms with Crippen molar-refractivity contribution in [3.05, 3.63) is 45.9 Å². The fourth-order valence-electron chi connectivity index (χ4n) is 1.82. The maximum absolute atomic E-state index is 12.6. The second-order valence-electron chi connectivity index (χ2n) is 4.06. The van der Waals surface area contributed by atoms with Crippen molar-refractivity contribution in [2.75, 3.05) is 13.3 Å². The number of thiazole rings is 1. The van der Waals surface area contributed by atoms with Crippen molar-refractivity contribution in [3.63, 3.8) is 0 Å². The molecule has 2 aromatic rings. The van der Waals surface area contributed by atoms with Crippen molar-refractivity contribution < 1.29 is 13.2 Å². The molecular weight excluding hydrogens is 305 g/mol. The molecule has 0 amide bonds. The molecule has 1 heterocycles.